The summed E-state index contributed by atoms with van der Waals surface area (Å²) >= 11 is 3.26. The number of nitrogens with one attached hydrogen (secondary N) is 1. The number of carboxylic acids is 1. The van der Waals surface area contributed by atoms with Crippen molar-refractivity contribution in [2.75, 3.05) is 12.3 Å². The first-order valence-electron chi connectivity index (χ1n) is 6.20. The summed E-state index contributed by atoms with van der Waals surface area (Å²) in [6.45, 7) is 2.38. The third-order valence-corrected chi connectivity index (χ3v) is 4.73. The van der Waals surface area contributed by atoms with E-state index in [1.54, 1.807) is 23.1 Å². The number of hydrogen-bond donors (Lipinski definition) is 2. The number of carbonyl (C=O) groups is 2. The van der Waals surface area contributed by atoms with Crippen molar-refractivity contribution in [3.05, 3.63) is 22.4 Å². The molecule has 1 rings (SSSR count). The summed E-state index contributed by atoms with van der Waals surface area (Å²) in [5.41, 5.74) is 0. The van der Waals surface area contributed by atoms with Gasteiger partial charge in [0.25, 0.3) is 0 Å². The zero-order valence-electron chi connectivity index (χ0n) is 10.9. The predicted molar refractivity (Wildman–Crippen MR) is 79.5 cm³/mol. The number of thiophene rings is 1. The van der Waals surface area contributed by atoms with Gasteiger partial charge in [0, 0.05) is 23.6 Å². The van der Waals surface area contributed by atoms with Crippen LogP contribution in [0.15, 0.2) is 17.5 Å². The van der Waals surface area contributed by atoms with Gasteiger partial charge in [0.1, 0.15) is 0 Å². The fourth-order valence-corrected chi connectivity index (χ4v) is 3.25. The number of carboxylic acid groups (broad SMARTS) is 1. The van der Waals surface area contributed by atoms with Crippen LogP contribution in [0.1, 0.15) is 24.6 Å². The van der Waals surface area contributed by atoms with Crippen LogP contribution in [0.4, 0.5) is 0 Å². The van der Waals surface area contributed by atoms with E-state index in [0.29, 0.717) is 12.3 Å². The number of carbonyl (C=O) groups excluding carboxylic acids is 1. The lowest BCUT2D eigenvalue weighted by Crippen LogP contribution is -2.31. The summed E-state index contributed by atoms with van der Waals surface area (Å²) in [6, 6.07) is 4.05. The molecule has 1 aromatic heterocycles. The largest absolute Gasteiger partial charge is 0.481 e. The Morgan fingerprint density at radius 2 is 2.32 bits per heavy atom. The predicted octanol–water partition coefficient (Wildman–Crippen LogP) is 2.60. The minimum absolute atomic E-state index is 0.0174. The Hall–Kier alpha value is -1.01. The molecule has 0 aliphatic rings. The molecule has 106 valence electrons. The number of amides is 1. The molecule has 1 unspecified atom stereocenters. The minimum Gasteiger partial charge on any atom is -0.481 e. The lowest BCUT2D eigenvalue weighted by Gasteiger charge is -2.13. The van der Waals surface area contributed by atoms with Crippen LogP contribution in [0.5, 0.6) is 0 Å². The first kappa shape index (κ1) is 16.0. The van der Waals surface area contributed by atoms with Gasteiger partial charge in [-0.2, -0.15) is 0 Å². The summed E-state index contributed by atoms with van der Waals surface area (Å²) in [5.74, 6) is 0.445. The smallest absolute Gasteiger partial charge is 0.303 e. The van der Waals surface area contributed by atoms with Crippen LogP contribution in [-0.4, -0.2) is 29.3 Å². The van der Waals surface area contributed by atoms with Crippen molar-refractivity contribution >= 4 is 35.0 Å². The average Bonchev–Trinajstić information content (AvgIpc) is 2.87. The van der Waals surface area contributed by atoms with Crippen molar-refractivity contribution in [2.45, 2.75) is 25.5 Å². The second-order valence-corrected chi connectivity index (χ2v) is 6.27. The molecule has 0 fully saturated rings. The van der Waals surface area contributed by atoms with E-state index in [-0.39, 0.29) is 18.2 Å². The van der Waals surface area contributed by atoms with Gasteiger partial charge in [0.15, 0.2) is 0 Å². The molecule has 0 spiro atoms. The van der Waals surface area contributed by atoms with Gasteiger partial charge in [0.05, 0.1) is 5.75 Å². The molecule has 1 atom stereocenters. The third-order valence-electron chi connectivity index (χ3n) is 2.69. The van der Waals surface area contributed by atoms with Crippen molar-refractivity contribution in [1.82, 2.24) is 5.32 Å². The zero-order valence-corrected chi connectivity index (χ0v) is 12.6. The maximum absolute atomic E-state index is 11.6. The van der Waals surface area contributed by atoms with Gasteiger partial charge in [-0.05, 0) is 17.4 Å². The first-order valence-corrected chi connectivity index (χ1v) is 8.23. The monoisotopic (exact) mass is 301 g/mol. The summed E-state index contributed by atoms with van der Waals surface area (Å²) in [6.07, 6.45) is 0.869. The van der Waals surface area contributed by atoms with Crippen molar-refractivity contribution in [3.63, 3.8) is 0 Å². The molecular formula is C13H19NO3S2. The average molecular weight is 301 g/mol. The van der Waals surface area contributed by atoms with Crippen molar-refractivity contribution < 1.29 is 14.7 Å². The fraction of sp³-hybridized carbons (Fsp3) is 0.538. The highest BCUT2D eigenvalue weighted by Crippen LogP contribution is 2.16. The molecule has 0 saturated carbocycles. The highest BCUT2D eigenvalue weighted by Gasteiger charge is 2.12. The van der Waals surface area contributed by atoms with Crippen LogP contribution in [0.2, 0.25) is 0 Å². The Bertz CT molecular complexity index is 393. The molecule has 1 heterocycles. The topological polar surface area (TPSA) is 66.4 Å². The molecule has 19 heavy (non-hydrogen) atoms. The first-order chi connectivity index (χ1) is 9.11. The molecule has 0 aliphatic heterocycles. The Kier molecular flexibility index (Phi) is 7.59. The Morgan fingerprint density at radius 3 is 2.89 bits per heavy atom. The molecule has 0 aromatic carbocycles. The zero-order chi connectivity index (χ0) is 14.1. The van der Waals surface area contributed by atoms with Gasteiger partial charge >= 0.3 is 5.97 Å². The highest BCUT2D eigenvalue weighted by atomic mass is 32.2. The SMILES string of the molecule is CCC(CNC(=O)CSCc1cccs1)CC(=O)O. The number of hydrogen-bond acceptors (Lipinski definition) is 4. The molecule has 2 N–H and O–H groups in total. The van der Waals surface area contributed by atoms with Gasteiger partial charge in [-0.3, -0.25) is 9.59 Å². The van der Waals surface area contributed by atoms with Crippen molar-refractivity contribution in [3.8, 4) is 0 Å². The maximum atomic E-state index is 11.6. The minimum atomic E-state index is -0.812. The second-order valence-electron chi connectivity index (χ2n) is 4.25. The molecule has 1 aromatic rings. The van der Waals surface area contributed by atoms with Crippen LogP contribution >= 0.6 is 23.1 Å². The normalized spacial score (nSPS) is 12.1. The van der Waals surface area contributed by atoms with Gasteiger partial charge in [-0.1, -0.05) is 19.4 Å². The Labute approximate surface area is 121 Å². The van der Waals surface area contributed by atoms with Gasteiger partial charge < -0.3 is 10.4 Å². The van der Waals surface area contributed by atoms with E-state index in [0.717, 1.165) is 12.2 Å². The van der Waals surface area contributed by atoms with E-state index < -0.39 is 5.97 Å². The van der Waals surface area contributed by atoms with Crippen LogP contribution in [-0.2, 0) is 15.3 Å². The molecule has 0 radical (unpaired) electrons. The fourth-order valence-electron chi connectivity index (χ4n) is 1.56. The van der Waals surface area contributed by atoms with E-state index in [1.807, 2.05) is 18.4 Å². The maximum Gasteiger partial charge on any atom is 0.303 e. The van der Waals surface area contributed by atoms with E-state index in [4.69, 9.17) is 5.11 Å². The standard InChI is InChI=1S/C13H19NO3S2/c1-2-10(6-13(16)17)7-14-12(15)9-18-8-11-4-3-5-19-11/h3-5,10H,2,6-9H2,1H3,(H,14,15)(H,16,17). The highest BCUT2D eigenvalue weighted by molar-refractivity contribution is 7.99. The molecule has 6 heteroatoms. The number of aliphatic carboxylic acids is 1. The molecule has 0 aliphatic carbocycles. The summed E-state index contributed by atoms with van der Waals surface area (Å²) in [5, 5.41) is 13.5. The van der Waals surface area contributed by atoms with Gasteiger partial charge in [-0.15, -0.1) is 23.1 Å². The van der Waals surface area contributed by atoms with Crippen molar-refractivity contribution in [2.24, 2.45) is 5.92 Å². The quantitative estimate of drug-likeness (QED) is 0.736. The summed E-state index contributed by atoms with van der Waals surface area (Å²) in [4.78, 5) is 23.5. The third kappa shape index (κ3) is 7.22. The lowest BCUT2D eigenvalue weighted by atomic mass is 10.0. The van der Waals surface area contributed by atoms with Crippen LogP contribution in [0.3, 0.4) is 0 Å². The Morgan fingerprint density at radius 1 is 1.53 bits per heavy atom. The molecular weight excluding hydrogens is 282 g/mol. The van der Waals surface area contributed by atoms with E-state index in [2.05, 4.69) is 11.4 Å². The lowest BCUT2D eigenvalue weighted by molar-refractivity contribution is -0.138. The van der Waals surface area contributed by atoms with Crippen LogP contribution < -0.4 is 5.32 Å². The van der Waals surface area contributed by atoms with Gasteiger partial charge in [-0.25, -0.2) is 0 Å². The molecule has 0 bridgehead atoms. The molecule has 4 nitrogen and oxygen atoms in total. The summed E-state index contributed by atoms with van der Waals surface area (Å²) in [7, 11) is 0. The van der Waals surface area contributed by atoms with Gasteiger partial charge in [0.2, 0.25) is 5.91 Å². The van der Waals surface area contributed by atoms with Crippen molar-refractivity contribution in [1.29, 1.82) is 0 Å². The van der Waals surface area contributed by atoms with Crippen LogP contribution in [0.25, 0.3) is 0 Å². The molecule has 1 amide bonds. The number of thioether (sulfide) groups is 1. The van der Waals surface area contributed by atoms with E-state index in [9.17, 15) is 9.59 Å². The summed E-state index contributed by atoms with van der Waals surface area (Å²) < 4.78 is 0. The van der Waals surface area contributed by atoms with E-state index >= 15 is 0 Å². The van der Waals surface area contributed by atoms with E-state index in [1.165, 1.54) is 4.88 Å². The van der Waals surface area contributed by atoms with Crippen LogP contribution in [0, 0.1) is 5.92 Å². The Balaban J connectivity index is 2.14. The second kappa shape index (κ2) is 8.98. The number of rotatable bonds is 9. The molecule has 0 saturated heterocycles.